The van der Waals surface area contributed by atoms with E-state index in [4.69, 9.17) is 18.9 Å². The maximum absolute atomic E-state index is 12.7. The molecule has 32 heavy (non-hydrogen) atoms. The first-order valence-corrected chi connectivity index (χ1v) is 10.7. The molecule has 6 heteroatoms. The van der Waals surface area contributed by atoms with E-state index in [2.05, 4.69) is 0 Å². The Morgan fingerprint density at radius 2 is 1.56 bits per heavy atom. The summed E-state index contributed by atoms with van der Waals surface area (Å²) in [5, 5.41) is 0. The first kappa shape index (κ1) is 25.0. The summed E-state index contributed by atoms with van der Waals surface area (Å²) < 4.78 is 22.0. The molecule has 0 aliphatic rings. The van der Waals surface area contributed by atoms with Gasteiger partial charge in [-0.2, -0.15) is 0 Å². The zero-order valence-electron chi connectivity index (χ0n) is 19.7. The maximum atomic E-state index is 12.7. The third-order valence-electron chi connectivity index (χ3n) is 4.51. The Morgan fingerprint density at radius 3 is 2.16 bits per heavy atom. The van der Waals surface area contributed by atoms with Gasteiger partial charge in [-0.1, -0.05) is 6.07 Å². The summed E-state index contributed by atoms with van der Waals surface area (Å²) in [4.78, 5) is 24.5. The summed E-state index contributed by atoms with van der Waals surface area (Å²) in [5.41, 5.74) is 1.62. The van der Waals surface area contributed by atoms with Crippen molar-refractivity contribution in [3.8, 4) is 17.2 Å². The van der Waals surface area contributed by atoms with Crippen LogP contribution >= 0.6 is 0 Å². The zero-order valence-corrected chi connectivity index (χ0v) is 19.7. The number of carbonyl (C=O) groups excluding carboxylic acids is 2. The number of hydrogen-bond donors (Lipinski definition) is 0. The highest BCUT2D eigenvalue weighted by atomic mass is 16.7. The molecule has 6 nitrogen and oxygen atoms in total. The van der Waals surface area contributed by atoms with Crippen LogP contribution in [0.1, 0.15) is 56.1 Å². The molecule has 172 valence electrons. The Bertz CT molecular complexity index is 952. The second kappa shape index (κ2) is 11.4. The minimum Gasteiger partial charge on any atom is -0.493 e. The lowest BCUT2D eigenvalue weighted by atomic mass is 9.98. The van der Waals surface area contributed by atoms with E-state index in [1.807, 2.05) is 32.9 Å². The third-order valence-corrected chi connectivity index (χ3v) is 4.51. The molecule has 0 radical (unpaired) electrons. The Labute approximate surface area is 190 Å². The van der Waals surface area contributed by atoms with E-state index in [1.54, 1.807) is 51.1 Å². The first-order valence-electron chi connectivity index (χ1n) is 10.7. The Balaban J connectivity index is 2.10. The van der Waals surface area contributed by atoms with Gasteiger partial charge in [-0.3, -0.25) is 9.59 Å². The van der Waals surface area contributed by atoms with E-state index in [0.717, 1.165) is 11.1 Å². The van der Waals surface area contributed by atoms with E-state index < -0.39 is 5.41 Å². The molecule has 0 aliphatic heterocycles. The van der Waals surface area contributed by atoms with E-state index in [1.165, 1.54) is 6.08 Å². The molecular formula is C26H32O6. The van der Waals surface area contributed by atoms with Gasteiger partial charge in [0.05, 0.1) is 24.2 Å². The van der Waals surface area contributed by atoms with Crippen molar-refractivity contribution in [2.45, 2.75) is 41.5 Å². The number of ketones is 1. The number of aryl methyl sites for hydroxylation is 1. The first-order chi connectivity index (χ1) is 15.2. The van der Waals surface area contributed by atoms with Crippen LogP contribution in [0.5, 0.6) is 17.2 Å². The van der Waals surface area contributed by atoms with Gasteiger partial charge in [-0.25, -0.2) is 0 Å². The molecule has 0 aromatic heterocycles. The van der Waals surface area contributed by atoms with Crippen LogP contribution in [0.3, 0.4) is 0 Å². The van der Waals surface area contributed by atoms with Gasteiger partial charge >= 0.3 is 5.97 Å². The number of rotatable bonds is 10. The molecule has 0 N–H and O–H groups in total. The summed E-state index contributed by atoms with van der Waals surface area (Å²) in [6.07, 6.45) is 3.22. The molecule has 0 fully saturated rings. The number of ether oxygens (including phenoxy) is 4. The lowest BCUT2D eigenvalue weighted by Crippen LogP contribution is -2.24. The number of carbonyl (C=O) groups is 2. The smallest absolute Gasteiger partial charge is 0.314 e. The maximum Gasteiger partial charge on any atom is 0.314 e. The molecule has 0 spiro atoms. The third kappa shape index (κ3) is 6.87. The van der Waals surface area contributed by atoms with Crippen LogP contribution in [0.2, 0.25) is 0 Å². The van der Waals surface area contributed by atoms with Crippen LogP contribution in [0, 0.1) is 12.3 Å². The summed E-state index contributed by atoms with van der Waals surface area (Å²) in [6.45, 7) is 11.9. The average molecular weight is 441 g/mol. The van der Waals surface area contributed by atoms with Gasteiger partial charge in [0.2, 0.25) is 6.79 Å². The summed E-state index contributed by atoms with van der Waals surface area (Å²) >= 11 is 0. The van der Waals surface area contributed by atoms with Crippen molar-refractivity contribution < 1.29 is 28.5 Å². The van der Waals surface area contributed by atoms with E-state index in [-0.39, 0.29) is 18.5 Å². The van der Waals surface area contributed by atoms with Gasteiger partial charge < -0.3 is 18.9 Å². The molecule has 0 unspecified atom stereocenters. The van der Waals surface area contributed by atoms with Crippen molar-refractivity contribution in [2.24, 2.45) is 5.41 Å². The minimum atomic E-state index is -0.590. The van der Waals surface area contributed by atoms with Crippen molar-refractivity contribution in [1.29, 1.82) is 0 Å². The standard InChI is InChI=1S/C26H32O6/c1-7-29-23-16-9-18(3)24(30-8-2)21(23)14-15-22(27)19-10-12-20(13-11-19)31-17-32-25(28)26(4,5)6/h9-16H,7-8,17H2,1-6H3. The van der Waals surface area contributed by atoms with Crippen molar-refractivity contribution in [2.75, 3.05) is 20.0 Å². The number of esters is 1. The SMILES string of the molecule is CCOc1ccc(C)c(OCC)c1C=CC(=O)c1ccc(OCOC(=O)C(C)(C)C)cc1. The molecule has 2 aromatic carbocycles. The Kier molecular flexibility index (Phi) is 8.88. The molecule has 2 aromatic rings. The van der Waals surface area contributed by atoms with Gasteiger partial charge in [-0.05, 0) is 89.6 Å². The summed E-state index contributed by atoms with van der Waals surface area (Å²) in [6, 6.07) is 10.5. The minimum absolute atomic E-state index is 0.165. The fraction of sp³-hybridized carbons (Fsp3) is 0.385. The van der Waals surface area contributed by atoms with Gasteiger partial charge in [0.25, 0.3) is 0 Å². The lowest BCUT2D eigenvalue weighted by Gasteiger charge is -2.16. The molecule has 0 heterocycles. The van der Waals surface area contributed by atoms with Crippen molar-refractivity contribution >= 4 is 17.8 Å². The summed E-state index contributed by atoms with van der Waals surface area (Å²) in [7, 11) is 0. The van der Waals surface area contributed by atoms with Gasteiger partial charge in [0.15, 0.2) is 5.78 Å². The quantitative estimate of drug-likeness (QED) is 0.207. The second-order valence-corrected chi connectivity index (χ2v) is 8.16. The van der Waals surface area contributed by atoms with Crippen molar-refractivity contribution in [3.05, 3.63) is 59.2 Å². The molecule has 0 aliphatic carbocycles. The zero-order chi connectivity index (χ0) is 23.7. The van der Waals surface area contributed by atoms with Crippen LogP contribution in [0.15, 0.2) is 42.5 Å². The molecule has 0 saturated heterocycles. The highest BCUT2D eigenvalue weighted by molar-refractivity contribution is 6.07. The highest BCUT2D eigenvalue weighted by Gasteiger charge is 2.23. The highest BCUT2D eigenvalue weighted by Crippen LogP contribution is 2.33. The Hall–Kier alpha value is -3.28. The van der Waals surface area contributed by atoms with Crippen LogP contribution in [0.4, 0.5) is 0 Å². The fourth-order valence-corrected chi connectivity index (χ4v) is 2.80. The van der Waals surface area contributed by atoms with Crippen molar-refractivity contribution in [3.63, 3.8) is 0 Å². The molecule has 0 saturated carbocycles. The average Bonchev–Trinajstić information content (AvgIpc) is 2.75. The Morgan fingerprint density at radius 1 is 0.906 bits per heavy atom. The molecular weight excluding hydrogens is 408 g/mol. The van der Waals surface area contributed by atoms with Crippen LogP contribution in [0.25, 0.3) is 6.08 Å². The predicted octanol–water partition coefficient (Wildman–Crippen LogP) is 5.61. The molecule has 0 amide bonds. The number of allylic oxidation sites excluding steroid dienone is 1. The van der Waals surface area contributed by atoms with Crippen LogP contribution < -0.4 is 14.2 Å². The van der Waals surface area contributed by atoms with Gasteiger partial charge in [0, 0.05) is 5.56 Å². The fourth-order valence-electron chi connectivity index (χ4n) is 2.80. The van der Waals surface area contributed by atoms with Crippen LogP contribution in [-0.2, 0) is 9.53 Å². The van der Waals surface area contributed by atoms with Crippen molar-refractivity contribution in [1.82, 2.24) is 0 Å². The molecule has 2 rings (SSSR count). The lowest BCUT2D eigenvalue weighted by molar-refractivity contribution is -0.159. The topological polar surface area (TPSA) is 71.1 Å². The summed E-state index contributed by atoms with van der Waals surface area (Å²) in [5.74, 6) is 1.36. The molecule has 0 bridgehead atoms. The number of hydrogen-bond acceptors (Lipinski definition) is 6. The van der Waals surface area contributed by atoms with Gasteiger partial charge in [0.1, 0.15) is 17.2 Å². The predicted molar refractivity (Wildman–Crippen MR) is 124 cm³/mol. The normalized spacial score (nSPS) is 11.3. The second-order valence-electron chi connectivity index (χ2n) is 8.16. The molecule has 0 atom stereocenters. The van der Waals surface area contributed by atoms with E-state index in [0.29, 0.717) is 36.0 Å². The van der Waals surface area contributed by atoms with E-state index in [9.17, 15) is 9.59 Å². The monoisotopic (exact) mass is 440 g/mol. The van der Waals surface area contributed by atoms with Gasteiger partial charge in [-0.15, -0.1) is 0 Å². The number of benzene rings is 2. The van der Waals surface area contributed by atoms with Crippen LogP contribution in [-0.4, -0.2) is 31.8 Å². The van der Waals surface area contributed by atoms with E-state index >= 15 is 0 Å². The largest absolute Gasteiger partial charge is 0.493 e.